The smallest absolute Gasteiger partial charge is 0.182 e. The summed E-state index contributed by atoms with van der Waals surface area (Å²) >= 11 is 0. The summed E-state index contributed by atoms with van der Waals surface area (Å²) in [6.45, 7) is 4.09. The zero-order valence-corrected chi connectivity index (χ0v) is 14.1. The molecule has 24 heavy (non-hydrogen) atoms. The molecule has 0 N–H and O–H groups in total. The predicted octanol–water partition coefficient (Wildman–Crippen LogP) is 3.05. The standard InChI is InChI=1S/C18H18N6/c1-11-5-6-14(19-10-11)13-9-15(16-7-8-20-24(16)4)21-18-17(13)12(2)23(3)22-18/h5-10H,1-4H3. The summed E-state index contributed by atoms with van der Waals surface area (Å²) in [5.41, 5.74) is 6.71. The van der Waals surface area contributed by atoms with Crippen LogP contribution in [0.5, 0.6) is 0 Å². The topological polar surface area (TPSA) is 61.4 Å². The van der Waals surface area contributed by atoms with Gasteiger partial charge in [-0.05, 0) is 37.6 Å². The summed E-state index contributed by atoms with van der Waals surface area (Å²) < 4.78 is 3.68. The van der Waals surface area contributed by atoms with Crippen molar-refractivity contribution in [3.8, 4) is 22.6 Å². The predicted molar refractivity (Wildman–Crippen MR) is 93.4 cm³/mol. The maximum absolute atomic E-state index is 4.74. The average Bonchev–Trinajstić information content (AvgIpc) is 3.11. The van der Waals surface area contributed by atoms with Crippen molar-refractivity contribution in [3.05, 3.63) is 47.9 Å². The van der Waals surface area contributed by atoms with E-state index in [4.69, 9.17) is 4.98 Å². The van der Waals surface area contributed by atoms with Crippen LogP contribution in [-0.2, 0) is 14.1 Å². The van der Waals surface area contributed by atoms with Crippen molar-refractivity contribution in [2.75, 3.05) is 0 Å². The van der Waals surface area contributed by atoms with Gasteiger partial charge in [0, 0.05) is 37.7 Å². The Bertz CT molecular complexity index is 1040. The molecule has 120 valence electrons. The van der Waals surface area contributed by atoms with Gasteiger partial charge >= 0.3 is 0 Å². The number of nitrogens with zero attached hydrogens (tertiary/aromatic N) is 6. The fraction of sp³-hybridized carbons (Fsp3) is 0.222. The second-order valence-electron chi connectivity index (χ2n) is 6.02. The fourth-order valence-electron chi connectivity index (χ4n) is 2.93. The van der Waals surface area contributed by atoms with Gasteiger partial charge in [-0.15, -0.1) is 0 Å². The van der Waals surface area contributed by atoms with Crippen molar-refractivity contribution >= 4 is 11.0 Å². The van der Waals surface area contributed by atoms with Crippen molar-refractivity contribution < 1.29 is 0 Å². The van der Waals surface area contributed by atoms with Gasteiger partial charge in [0.1, 0.15) is 0 Å². The molecule has 4 aromatic heterocycles. The van der Waals surface area contributed by atoms with E-state index >= 15 is 0 Å². The highest BCUT2D eigenvalue weighted by molar-refractivity contribution is 5.95. The monoisotopic (exact) mass is 318 g/mol. The van der Waals surface area contributed by atoms with Gasteiger partial charge in [0.2, 0.25) is 0 Å². The lowest BCUT2D eigenvalue weighted by Crippen LogP contribution is -1.97. The number of pyridine rings is 2. The SMILES string of the molecule is Cc1ccc(-c2cc(-c3ccnn3C)nc3nn(C)c(C)c23)nc1. The molecule has 0 unspecified atom stereocenters. The van der Waals surface area contributed by atoms with Gasteiger partial charge in [-0.3, -0.25) is 14.3 Å². The molecule has 0 aromatic carbocycles. The summed E-state index contributed by atoms with van der Waals surface area (Å²) in [7, 11) is 3.85. The van der Waals surface area contributed by atoms with Crippen LogP contribution in [0.3, 0.4) is 0 Å². The number of aromatic nitrogens is 6. The lowest BCUT2D eigenvalue weighted by atomic mass is 10.0. The van der Waals surface area contributed by atoms with E-state index in [1.165, 1.54) is 0 Å². The van der Waals surface area contributed by atoms with E-state index in [1.807, 2.05) is 48.7 Å². The molecule has 0 fully saturated rings. The molecule has 0 bridgehead atoms. The minimum atomic E-state index is 0.728. The first-order valence-electron chi connectivity index (χ1n) is 7.80. The highest BCUT2D eigenvalue weighted by Gasteiger charge is 2.17. The summed E-state index contributed by atoms with van der Waals surface area (Å²) in [4.78, 5) is 9.35. The normalized spacial score (nSPS) is 11.3. The lowest BCUT2D eigenvalue weighted by molar-refractivity contribution is 0.747. The highest BCUT2D eigenvalue weighted by Crippen LogP contribution is 2.32. The molecule has 0 atom stereocenters. The first-order valence-corrected chi connectivity index (χ1v) is 7.80. The fourth-order valence-corrected chi connectivity index (χ4v) is 2.93. The summed E-state index contributed by atoms with van der Waals surface area (Å²) in [5.74, 6) is 0. The molecule has 0 radical (unpaired) electrons. The van der Waals surface area contributed by atoms with Gasteiger partial charge < -0.3 is 0 Å². The molecule has 0 aliphatic rings. The van der Waals surface area contributed by atoms with Gasteiger partial charge in [-0.1, -0.05) is 6.07 Å². The second-order valence-corrected chi connectivity index (χ2v) is 6.02. The van der Waals surface area contributed by atoms with Crippen LogP contribution in [0.4, 0.5) is 0 Å². The van der Waals surface area contributed by atoms with Gasteiger partial charge in [0.25, 0.3) is 0 Å². The lowest BCUT2D eigenvalue weighted by Gasteiger charge is -2.08. The third kappa shape index (κ3) is 2.19. The Labute approximate surface area is 139 Å². The Kier molecular flexibility index (Phi) is 3.19. The van der Waals surface area contributed by atoms with E-state index in [2.05, 4.69) is 34.2 Å². The van der Waals surface area contributed by atoms with Crippen molar-refractivity contribution in [2.45, 2.75) is 13.8 Å². The first-order chi connectivity index (χ1) is 11.5. The van der Waals surface area contributed by atoms with Crippen LogP contribution in [0.1, 0.15) is 11.3 Å². The van der Waals surface area contributed by atoms with E-state index in [0.717, 1.165) is 44.9 Å². The average molecular weight is 318 g/mol. The minimum Gasteiger partial charge on any atom is -0.270 e. The molecule has 4 rings (SSSR count). The van der Waals surface area contributed by atoms with E-state index in [9.17, 15) is 0 Å². The van der Waals surface area contributed by atoms with E-state index in [1.54, 1.807) is 6.20 Å². The third-order valence-corrected chi connectivity index (χ3v) is 4.36. The van der Waals surface area contributed by atoms with Crippen LogP contribution >= 0.6 is 0 Å². The van der Waals surface area contributed by atoms with Crippen LogP contribution in [0.15, 0.2) is 36.7 Å². The second kappa shape index (κ2) is 5.26. The van der Waals surface area contributed by atoms with Crippen LogP contribution < -0.4 is 0 Å². The Morgan fingerprint density at radius 2 is 1.79 bits per heavy atom. The highest BCUT2D eigenvalue weighted by atomic mass is 15.3. The molecule has 0 saturated carbocycles. The Balaban J connectivity index is 2.05. The minimum absolute atomic E-state index is 0.728. The summed E-state index contributed by atoms with van der Waals surface area (Å²) in [6, 6.07) is 8.15. The Hall–Kier alpha value is -3.02. The quantitative estimate of drug-likeness (QED) is 0.570. The summed E-state index contributed by atoms with van der Waals surface area (Å²) in [6.07, 6.45) is 3.66. The Morgan fingerprint density at radius 1 is 0.958 bits per heavy atom. The summed E-state index contributed by atoms with van der Waals surface area (Å²) in [5, 5.41) is 9.85. The van der Waals surface area contributed by atoms with Gasteiger partial charge in [0.05, 0.1) is 22.5 Å². The maximum Gasteiger partial charge on any atom is 0.182 e. The molecule has 4 aromatic rings. The van der Waals surface area contributed by atoms with Crippen LogP contribution in [0.25, 0.3) is 33.7 Å². The number of rotatable bonds is 2. The van der Waals surface area contributed by atoms with E-state index in [0.29, 0.717) is 0 Å². The first kappa shape index (κ1) is 14.6. The number of aryl methyl sites for hydroxylation is 4. The molecule has 0 saturated heterocycles. The molecule has 0 spiro atoms. The molecule has 0 amide bonds. The number of fused-ring (bicyclic) bond motifs is 1. The van der Waals surface area contributed by atoms with E-state index < -0.39 is 0 Å². The Morgan fingerprint density at radius 3 is 2.46 bits per heavy atom. The third-order valence-electron chi connectivity index (χ3n) is 4.36. The van der Waals surface area contributed by atoms with Crippen LogP contribution in [0.2, 0.25) is 0 Å². The zero-order valence-electron chi connectivity index (χ0n) is 14.1. The van der Waals surface area contributed by atoms with Crippen molar-refractivity contribution in [1.82, 2.24) is 29.5 Å². The number of hydrogen-bond acceptors (Lipinski definition) is 4. The largest absolute Gasteiger partial charge is 0.270 e. The van der Waals surface area contributed by atoms with Gasteiger partial charge in [0.15, 0.2) is 5.65 Å². The van der Waals surface area contributed by atoms with Crippen LogP contribution in [0, 0.1) is 13.8 Å². The van der Waals surface area contributed by atoms with Crippen molar-refractivity contribution in [1.29, 1.82) is 0 Å². The van der Waals surface area contributed by atoms with Crippen molar-refractivity contribution in [2.24, 2.45) is 14.1 Å². The molecule has 6 heteroatoms. The molecule has 6 nitrogen and oxygen atoms in total. The van der Waals surface area contributed by atoms with Crippen LogP contribution in [-0.4, -0.2) is 29.5 Å². The molecular weight excluding hydrogens is 300 g/mol. The van der Waals surface area contributed by atoms with Gasteiger partial charge in [-0.25, -0.2) is 4.98 Å². The zero-order chi connectivity index (χ0) is 16.8. The molecule has 0 aliphatic heterocycles. The molecular formula is C18H18N6. The van der Waals surface area contributed by atoms with E-state index in [-0.39, 0.29) is 0 Å². The maximum atomic E-state index is 4.74. The molecule has 4 heterocycles. The van der Waals surface area contributed by atoms with Crippen molar-refractivity contribution in [3.63, 3.8) is 0 Å². The van der Waals surface area contributed by atoms with Gasteiger partial charge in [-0.2, -0.15) is 10.2 Å². The molecule has 0 aliphatic carbocycles. The number of hydrogen-bond donors (Lipinski definition) is 0.